The highest BCUT2D eigenvalue weighted by Crippen LogP contribution is 2.22. The standard InChI is InChI=1S/C16H22N2O2/c1-2-5-16-17-13-6-3-4-7-14(13)18(16)10-15(19)12-8-9-20-11-12/h3-4,6-7,12,15,19H,2,5,8-11H2,1H3. The average Bonchev–Trinajstić information content (AvgIpc) is 3.08. The van der Waals surface area contributed by atoms with E-state index in [1.54, 1.807) is 0 Å². The molecule has 0 saturated carbocycles. The van der Waals surface area contributed by atoms with E-state index < -0.39 is 0 Å². The fourth-order valence-corrected chi connectivity index (χ4v) is 2.94. The van der Waals surface area contributed by atoms with Gasteiger partial charge in [-0.1, -0.05) is 19.1 Å². The van der Waals surface area contributed by atoms with E-state index in [0.717, 1.165) is 42.7 Å². The number of ether oxygens (including phenoxy) is 1. The largest absolute Gasteiger partial charge is 0.391 e. The normalized spacial score (nSPS) is 20.6. The molecule has 4 heteroatoms. The van der Waals surface area contributed by atoms with Crippen molar-refractivity contribution in [1.82, 2.24) is 9.55 Å². The molecule has 4 nitrogen and oxygen atoms in total. The molecule has 1 N–H and O–H groups in total. The Labute approximate surface area is 119 Å². The smallest absolute Gasteiger partial charge is 0.109 e. The Hall–Kier alpha value is -1.39. The average molecular weight is 274 g/mol. The molecule has 0 spiro atoms. The third kappa shape index (κ3) is 2.58. The molecule has 3 rings (SSSR count). The van der Waals surface area contributed by atoms with Gasteiger partial charge in [-0.3, -0.25) is 0 Å². The minimum absolute atomic E-state index is 0.255. The van der Waals surface area contributed by atoms with Crippen molar-refractivity contribution in [3.8, 4) is 0 Å². The summed E-state index contributed by atoms with van der Waals surface area (Å²) in [4.78, 5) is 4.70. The zero-order chi connectivity index (χ0) is 13.9. The number of benzene rings is 1. The summed E-state index contributed by atoms with van der Waals surface area (Å²) in [5.74, 6) is 1.33. The fraction of sp³-hybridized carbons (Fsp3) is 0.562. The SMILES string of the molecule is CCCc1nc2ccccc2n1CC(O)C1CCOC1. The summed E-state index contributed by atoms with van der Waals surface area (Å²) in [6.45, 7) is 4.22. The summed E-state index contributed by atoms with van der Waals surface area (Å²) in [5.41, 5.74) is 2.14. The first kappa shape index (κ1) is 13.6. The van der Waals surface area contributed by atoms with Crippen molar-refractivity contribution in [2.24, 2.45) is 5.92 Å². The van der Waals surface area contributed by atoms with Crippen molar-refractivity contribution in [2.75, 3.05) is 13.2 Å². The molecule has 1 aliphatic heterocycles. The highest BCUT2D eigenvalue weighted by atomic mass is 16.5. The lowest BCUT2D eigenvalue weighted by molar-refractivity contribution is 0.0780. The number of hydrogen-bond acceptors (Lipinski definition) is 3. The maximum absolute atomic E-state index is 10.4. The van der Waals surface area contributed by atoms with Crippen LogP contribution in [0.2, 0.25) is 0 Å². The molecule has 2 aromatic rings. The molecule has 1 aromatic heterocycles. The Morgan fingerprint density at radius 1 is 1.45 bits per heavy atom. The van der Waals surface area contributed by atoms with E-state index in [0.29, 0.717) is 13.2 Å². The second kappa shape index (κ2) is 5.94. The van der Waals surface area contributed by atoms with Crippen LogP contribution in [0.4, 0.5) is 0 Å². The number of aliphatic hydroxyl groups excluding tert-OH is 1. The Balaban J connectivity index is 1.89. The third-order valence-corrected chi connectivity index (χ3v) is 4.09. The minimum atomic E-state index is -0.356. The molecule has 108 valence electrons. The quantitative estimate of drug-likeness (QED) is 0.910. The second-order valence-corrected chi connectivity index (χ2v) is 5.57. The van der Waals surface area contributed by atoms with Crippen LogP contribution in [0.15, 0.2) is 24.3 Å². The van der Waals surface area contributed by atoms with Crippen molar-refractivity contribution in [3.63, 3.8) is 0 Å². The Morgan fingerprint density at radius 2 is 2.30 bits per heavy atom. The zero-order valence-electron chi connectivity index (χ0n) is 12.0. The molecule has 0 aliphatic carbocycles. The van der Waals surface area contributed by atoms with E-state index in [-0.39, 0.29) is 12.0 Å². The van der Waals surface area contributed by atoms with Crippen molar-refractivity contribution >= 4 is 11.0 Å². The predicted molar refractivity (Wildman–Crippen MR) is 78.7 cm³/mol. The lowest BCUT2D eigenvalue weighted by Crippen LogP contribution is -2.26. The second-order valence-electron chi connectivity index (χ2n) is 5.57. The third-order valence-electron chi connectivity index (χ3n) is 4.09. The molecule has 1 aromatic carbocycles. The molecular weight excluding hydrogens is 252 g/mol. The summed E-state index contributed by atoms with van der Waals surface area (Å²) in [7, 11) is 0. The lowest BCUT2D eigenvalue weighted by atomic mass is 10.0. The number of aromatic nitrogens is 2. The van der Waals surface area contributed by atoms with Crippen molar-refractivity contribution < 1.29 is 9.84 Å². The highest BCUT2D eigenvalue weighted by Gasteiger charge is 2.25. The zero-order valence-corrected chi connectivity index (χ0v) is 12.0. The van der Waals surface area contributed by atoms with Gasteiger partial charge in [0.05, 0.1) is 30.3 Å². The van der Waals surface area contributed by atoms with Gasteiger partial charge in [0.15, 0.2) is 0 Å². The Bertz CT molecular complexity index is 573. The minimum Gasteiger partial charge on any atom is -0.391 e. The number of hydrogen-bond donors (Lipinski definition) is 1. The number of fused-ring (bicyclic) bond motifs is 1. The molecule has 1 fully saturated rings. The lowest BCUT2D eigenvalue weighted by Gasteiger charge is -2.19. The monoisotopic (exact) mass is 274 g/mol. The van der Waals surface area contributed by atoms with Crippen LogP contribution in [0.5, 0.6) is 0 Å². The van der Waals surface area contributed by atoms with Crippen LogP contribution in [0, 0.1) is 5.92 Å². The van der Waals surface area contributed by atoms with Gasteiger partial charge in [0, 0.05) is 18.9 Å². The Kier molecular flexibility index (Phi) is 4.03. The molecule has 20 heavy (non-hydrogen) atoms. The van der Waals surface area contributed by atoms with Gasteiger partial charge in [0.1, 0.15) is 5.82 Å². The van der Waals surface area contributed by atoms with Crippen LogP contribution < -0.4 is 0 Å². The summed E-state index contributed by atoms with van der Waals surface area (Å²) >= 11 is 0. The van der Waals surface area contributed by atoms with E-state index in [4.69, 9.17) is 9.72 Å². The fourth-order valence-electron chi connectivity index (χ4n) is 2.94. The number of aliphatic hydroxyl groups is 1. The van der Waals surface area contributed by atoms with Gasteiger partial charge in [0.25, 0.3) is 0 Å². The molecule has 2 heterocycles. The van der Waals surface area contributed by atoms with Crippen molar-refractivity contribution in [3.05, 3.63) is 30.1 Å². The maximum atomic E-state index is 10.4. The molecule has 2 unspecified atom stereocenters. The van der Waals surface area contributed by atoms with E-state index in [2.05, 4.69) is 17.6 Å². The molecule has 0 amide bonds. The topological polar surface area (TPSA) is 47.3 Å². The molecule has 1 saturated heterocycles. The highest BCUT2D eigenvalue weighted by molar-refractivity contribution is 5.75. The van der Waals surface area contributed by atoms with Crippen LogP contribution >= 0.6 is 0 Å². The first-order valence-corrected chi connectivity index (χ1v) is 7.49. The number of nitrogens with zero attached hydrogens (tertiary/aromatic N) is 2. The van der Waals surface area contributed by atoms with Crippen LogP contribution in [0.25, 0.3) is 11.0 Å². The van der Waals surface area contributed by atoms with E-state index in [1.165, 1.54) is 0 Å². The molecule has 0 radical (unpaired) electrons. The number of imidazole rings is 1. The molecular formula is C16H22N2O2. The predicted octanol–water partition coefficient (Wildman–Crippen LogP) is 2.39. The molecule has 1 aliphatic rings. The van der Waals surface area contributed by atoms with Crippen molar-refractivity contribution in [1.29, 1.82) is 0 Å². The van der Waals surface area contributed by atoms with Crippen molar-refractivity contribution in [2.45, 2.75) is 38.8 Å². The van der Waals surface area contributed by atoms with Gasteiger partial charge < -0.3 is 14.4 Å². The van der Waals surface area contributed by atoms with E-state index in [9.17, 15) is 5.11 Å². The first-order valence-electron chi connectivity index (χ1n) is 7.49. The van der Waals surface area contributed by atoms with Gasteiger partial charge in [-0.05, 0) is 25.0 Å². The molecule has 0 bridgehead atoms. The van der Waals surface area contributed by atoms with Gasteiger partial charge >= 0.3 is 0 Å². The number of rotatable bonds is 5. The van der Waals surface area contributed by atoms with Gasteiger partial charge in [-0.25, -0.2) is 4.98 Å². The van der Waals surface area contributed by atoms with E-state index in [1.807, 2.05) is 18.2 Å². The Morgan fingerprint density at radius 3 is 3.05 bits per heavy atom. The summed E-state index contributed by atoms with van der Waals surface area (Å²) in [5, 5.41) is 10.4. The van der Waals surface area contributed by atoms with Gasteiger partial charge in [0.2, 0.25) is 0 Å². The van der Waals surface area contributed by atoms with Crippen LogP contribution in [-0.4, -0.2) is 34.0 Å². The van der Waals surface area contributed by atoms with Crippen LogP contribution in [-0.2, 0) is 17.7 Å². The molecule has 2 atom stereocenters. The van der Waals surface area contributed by atoms with Crippen LogP contribution in [0.1, 0.15) is 25.6 Å². The summed E-state index contributed by atoms with van der Waals surface area (Å²) in [6, 6.07) is 8.16. The van der Waals surface area contributed by atoms with Gasteiger partial charge in [-0.15, -0.1) is 0 Å². The summed E-state index contributed by atoms with van der Waals surface area (Å²) in [6.07, 6.45) is 2.61. The number of aryl methyl sites for hydroxylation is 1. The summed E-state index contributed by atoms with van der Waals surface area (Å²) < 4.78 is 7.56. The van der Waals surface area contributed by atoms with E-state index >= 15 is 0 Å². The van der Waals surface area contributed by atoms with Crippen LogP contribution in [0.3, 0.4) is 0 Å². The first-order chi connectivity index (χ1) is 9.79. The van der Waals surface area contributed by atoms with Gasteiger partial charge in [-0.2, -0.15) is 0 Å². The number of para-hydroxylation sites is 2. The maximum Gasteiger partial charge on any atom is 0.109 e.